The quantitative estimate of drug-likeness (QED) is 0.819. The molecular weight excluding hydrogens is 294 g/mol. The summed E-state index contributed by atoms with van der Waals surface area (Å²) in [4.78, 5) is 23.9. The van der Waals surface area contributed by atoms with Crippen LogP contribution in [-0.4, -0.2) is 29.2 Å². The SMILES string of the molecule is CCC(C)c1ccc(NC(=O)C2C3C=CC(O3)C2C(=O)O)cc1. The lowest BCUT2D eigenvalue weighted by molar-refractivity contribution is -0.145. The fourth-order valence-electron chi connectivity index (χ4n) is 3.27. The minimum absolute atomic E-state index is 0.300. The molecule has 2 heterocycles. The number of carbonyl (C=O) groups is 2. The number of carbonyl (C=O) groups excluding carboxylic acids is 1. The summed E-state index contributed by atoms with van der Waals surface area (Å²) in [6.45, 7) is 4.29. The van der Waals surface area contributed by atoms with Gasteiger partial charge in [-0.2, -0.15) is 0 Å². The van der Waals surface area contributed by atoms with Crippen molar-refractivity contribution in [3.63, 3.8) is 0 Å². The number of ether oxygens (including phenoxy) is 1. The normalized spacial score (nSPS) is 29.5. The van der Waals surface area contributed by atoms with Crippen LogP contribution < -0.4 is 5.32 Å². The minimum Gasteiger partial charge on any atom is -0.481 e. The molecule has 1 aromatic rings. The minimum atomic E-state index is -0.992. The summed E-state index contributed by atoms with van der Waals surface area (Å²) >= 11 is 0. The van der Waals surface area contributed by atoms with Crippen LogP contribution in [0.3, 0.4) is 0 Å². The summed E-state index contributed by atoms with van der Waals surface area (Å²) in [5, 5.41) is 12.2. The molecule has 1 amide bonds. The predicted molar refractivity (Wildman–Crippen MR) is 86.2 cm³/mol. The first kappa shape index (κ1) is 15.7. The van der Waals surface area contributed by atoms with E-state index >= 15 is 0 Å². The van der Waals surface area contributed by atoms with E-state index in [0.29, 0.717) is 11.6 Å². The van der Waals surface area contributed by atoms with Crippen molar-refractivity contribution in [3.8, 4) is 0 Å². The van der Waals surface area contributed by atoms with Crippen LogP contribution in [0.15, 0.2) is 36.4 Å². The maximum Gasteiger partial charge on any atom is 0.310 e. The molecule has 5 heteroatoms. The zero-order valence-electron chi connectivity index (χ0n) is 13.2. The van der Waals surface area contributed by atoms with E-state index in [1.54, 1.807) is 12.2 Å². The van der Waals surface area contributed by atoms with Crippen molar-refractivity contribution in [1.29, 1.82) is 0 Å². The Kier molecular flexibility index (Phi) is 4.22. The number of carboxylic acid groups (broad SMARTS) is 1. The lowest BCUT2D eigenvalue weighted by atomic mass is 9.82. The summed E-state index contributed by atoms with van der Waals surface area (Å²) in [6, 6.07) is 7.71. The highest BCUT2D eigenvalue weighted by Crippen LogP contribution is 2.39. The topological polar surface area (TPSA) is 75.6 Å². The van der Waals surface area contributed by atoms with E-state index in [0.717, 1.165) is 6.42 Å². The molecule has 122 valence electrons. The molecule has 1 aromatic carbocycles. The van der Waals surface area contributed by atoms with Crippen LogP contribution in [0.2, 0.25) is 0 Å². The number of fused-ring (bicyclic) bond motifs is 2. The van der Waals surface area contributed by atoms with Gasteiger partial charge in [0.2, 0.25) is 5.91 Å². The molecular formula is C18H21NO4. The Labute approximate surface area is 135 Å². The Morgan fingerprint density at radius 2 is 1.78 bits per heavy atom. The zero-order valence-corrected chi connectivity index (χ0v) is 13.2. The zero-order chi connectivity index (χ0) is 16.6. The van der Waals surface area contributed by atoms with Gasteiger partial charge in [-0.3, -0.25) is 9.59 Å². The third-order valence-corrected chi connectivity index (χ3v) is 4.85. The number of aliphatic carboxylic acids is 1. The fourth-order valence-corrected chi connectivity index (χ4v) is 3.27. The molecule has 0 radical (unpaired) electrons. The second kappa shape index (κ2) is 6.16. The molecule has 2 N–H and O–H groups in total. The number of hydrogen-bond acceptors (Lipinski definition) is 3. The molecule has 1 saturated heterocycles. The average molecular weight is 315 g/mol. The van der Waals surface area contributed by atoms with Gasteiger partial charge in [-0.1, -0.05) is 38.1 Å². The number of nitrogens with one attached hydrogen (secondary N) is 1. The monoisotopic (exact) mass is 315 g/mol. The van der Waals surface area contributed by atoms with E-state index in [1.165, 1.54) is 5.56 Å². The van der Waals surface area contributed by atoms with Gasteiger partial charge in [-0.05, 0) is 30.0 Å². The fraction of sp³-hybridized carbons (Fsp3) is 0.444. The number of hydrogen-bond donors (Lipinski definition) is 2. The molecule has 3 rings (SSSR count). The van der Waals surface area contributed by atoms with Gasteiger partial charge in [-0.25, -0.2) is 0 Å². The molecule has 5 unspecified atom stereocenters. The summed E-state index contributed by atoms with van der Waals surface area (Å²) in [6.07, 6.45) is 3.62. The van der Waals surface area contributed by atoms with Gasteiger partial charge in [0.15, 0.2) is 0 Å². The molecule has 2 aliphatic heterocycles. The van der Waals surface area contributed by atoms with Crippen LogP contribution in [0.4, 0.5) is 5.69 Å². The lowest BCUT2D eigenvalue weighted by Gasteiger charge is -2.21. The van der Waals surface area contributed by atoms with Gasteiger partial charge in [0, 0.05) is 5.69 Å². The summed E-state index contributed by atoms with van der Waals surface area (Å²) < 4.78 is 5.53. The Balaban J connectivity index is 1.72. The van der Waals surface area contributed by atoms with Gasteiger partial charge in [0.25, 0.3) is 0 Å². The van der Waals surface area contributed by atoms with Crippen molar-refractivity contribution in [3.05, 3.63) is 42.0 Å². The van der Waals surface area contributed by atoms with Gasteiger partial charge >= 0.3 is 5.97 Å². The first-order valence-electron chi connectivity index (χ1n) is 7.98. The molecule has 0 spiro atoms. The summed E-state index contributed by atoms with van der Waals surface area (Å²) in [7, 11) is 0. The molecule has 23 heavy (non-hydrogen) atoms. The summed E-state index contributed by atoms with van der Waals surface area (Å²) in [5.41, 5.74) is 1.90. The van der Waals surface area contributed by atoms with E-state index in [-0.39, 0.29) is 5.91 Å². The highest BCUT2D eigenvalue weighted by Gasteiger charge is 2.53. The van der Waals surface area contributed by atoms with Crippen molar-refractivity contribution >= 4 is 17.6 Å². The molecule has 0 saturated carbocycles. The highest BCUT2D eigenvalue weighted by molar-refractivity contribution is 5.96. The largest absolute Gasteiger partial charge is 0.481 e. The molecule has 0 aliphatic carbocycles. The Morgan fingerprint density at radius 3 is 2.35 bits per heavy atom. The van der Waals surface area contributed by atoms with Gasteiger partial charge < -0.3 is 15.2 Å². The number of rotatable bonds is 5. The highest BCUT2D eigenvalue weighted by atomic mass is 16.5. The number of amides is 1. The number of benzene rings is 1. The lowest BCUT2D eigenvalue weighted by Crippen LogP contribution is -2.39. The van der Waals surface area contributed by atoms with Gasteiger partial charge in [0.05, 0.1) is 18.1 Å². The van der Waals surface area contributed by atoms with Crippen LogP contribution in [0.5, 0.6) is 0 Å². The van der Waals surface area contributed by atoms with E-state index in [4.69, 9.17) is 4.74 Å². The second-order valence-corrected chi connectivity index (χ2v) is 6.26. The Bertz CT molecular complexity index is 637. The second-order valence-electron chi connectivity index (χ2n) is 6.26. The van der Waals surface area contributed by atoms with Crippen LogP contribution in [-0.2, 0) is 14.3 Å². The molecule has 5 atom stereocenters. The van der Waals surface area contributed by atoms with Crippen molar-refractivity contribution in [1.82, 2.24) is 0 Å². The smallest absolute Gasteiger partial charge is 0.310 e. The van der Waals surface area contributed by atoms with Crippen molar-refractivity contribution in [2.24, 2.45) is 11.8 Å². The molecule has 5 nitrogen and oxygen atoms in total. The molecule has 2 aliphatic rings. The van der Waals surface area contributed by atoms with Crippen LogP contribution in [0.25, 0.3) is 0 Å². The predicted octanol–water partition coefficient (Wildman–Crippen LogP) is 2.79. The van der Waals surface area contributed by atoms with E-state index in [2.05, 4.69) is 19.2 Å². The molecule has 1 fully saturated rings. The standard InChI is InChI=1S/C18H21NO4/c1-3-10(2)11-4-6-12(7-5-11)19-17(20)15-13-8-9-14(23-13)16(15)18(21)22/h4-10,13-16H,3H2,1-2H3,(H,19,20)(H,21,22). The van der Waals surface area contributed by atoms with Gasteiger partial charge in [0.1, 0.15) is 5.92 Å². The first-order chi connectivity index (χ1) is 11.0. The van der Waals surface area contributed by atoms with Crippen LogP contribution in [0.1, 0.15) is 31.7 Å². The molecule has 0 aromatic heterocycles. The maximum absolute atomic E-state index is 12.5. The number of carboxylic acids is 1. The van der Waals surface area contributed by atoms with E-state index < -0.39 is 30.0 Å². The summed E-state index contributed by atoms with van der Waals surface area (Å²) in [5.74, 6) is -2.32. The number of anilines is 1. The van der Waals surface area contributed by atoms with Crippen molar-refractivity contribution in [2.45, 2.75) is 38.4 Å². The molecule has 2 bridgehead atoms. The van der Waals surface area contributed by atoms with E-state index in [1.807, 2.05) is 24.3 Å². The van der Waals surface area contributed by atoms with Crippen molar-refractivity contribution < 1.29 is 19.4 Å². The first-order valence-corrected chi connectivity index (χ1v) is 7.98. The Morgan fingerprint density at radius 1 is 1.17 bits per heavy atom. The Hall–Kier alpha value is -2.14. The maximum atomic E-state index is 12.5. The van der Waals surface area contributed by atoms with Crippen molar-refractivity contribution in [2.75, 3.05) is 5.32 Å². The van der Waals surface area contributed by atoms with Crippen LogP contribution >= 0.6 is 0 Å². The average Bonchev–Trinajstić information content (AvgIpc) is 3.15. The third kappa shape index (κ3) is 2.88. The van der Waals surface area contributed by atoms with Crippen LogP contribution in [0, 0.1) is 11.8 Å². The van der Waals surface area contributed by atoms with Gasteiger partial charge in [-0.15, -0.1) is 0 Å². The third-order valence-electron chi connectivity index (χ3n) is 4.85. The van der Waals surface area contributed by atoms with E-state index in [9.17, 15) is 14.7 Å².